The fourth-order valence-electron chi connectivity index (χ4n) is 2.57. The number of benzene rings is 2. The maximum atomic E-state index is 12.8. The topological polar surface area (TPSA) is 84.5 Å². The quantitative estimate of drug-likeness (QED) is 0.584. The molecule has 29 heavy (non-hydrogen) atoms. The van der Waals surface area contributed by atoms with Gasteiger partial charge in [-0.25, -0.2) is 0 Å². The molecule has 0 unspecified atom stereocenters. The minimum atomic E-state index is -1.14. The molecule has 3 rings (SSSR count). The van der Waals surface area contributed by atoms with Gasteiger partial charge < -0.3 is 15.4 Å². The molecule has 6 nitrogen and oxygen atoms in total. The Morgan fingerprint density at radius 1 is 0.966 bits per heavy atom. The molecule has 0 saturated carbocycles. The van der Waals surface area contributed by atoms with Gasteiger partial charge in [0.1, 0.15) is 6.54 Å². The van der Waals surface area contributed by atoms with Crippen molar-refractivity contribution in [2.45, 2.75) is 13.0 Å². The Balaban J connectivity index is 1.66. The normalized spacial score (nSPS) is 11.3. The van der Waals surface area contributed by atoms with Crippen LogP contribution in [0, 0.1) is 6.92 Å². The average molecular weight is 408 g/mol. The number of ether oxygens (including phenoxy) is 1. The number of carbonyl (C=O) groups is 3. The molecular formula is C22H20N2O4S. The monoisotopic (exact) mass is 408 g/mol. The number of esters is 1. The molecule has 3 aromatic rings. The van der Waals surface area contributed by atoms with E-state index in [4.69, 9.17) is 4.74 Å². The maximum Gasteiger partial charge on any atom is 0.326 e. The third kappa shape index (κ3) is 5.76. The van der Waals surface area contributed by atoms with Gasteiger partial charge in [-0.3, -0.25) is 14.4 Å². The van der Waals surface area contributed by atoms with Crippen molar-refractivity contribution in [1.82, 2.24) is 5.32 Å². The molecule has 7 heteroatoms. The Bertz CT molecular complexity index is 970. The number of aryl methyl sites for hydroxylation is 1. The molecule has 2 N–H and O–H groups in total. The maximum absolute atomic E-state index is 12.8. The average Bonchev–Trinajstić information content (AvgIpc) is 3.27. The smallest absolute Gasteiger partial charge is 0.326 e. The van der Waals surface area contributed by atoms with Crippen LogP contribution in [0.25, 0.3) is 0 Å². The molecule has 1 heterocycles. The fraction of sp³-hybridized carbons (Fsp3) is 0.136. The molecule has 0 aliphatic rings. The molecule has 1 aromatic heterocycles. The zero-order valence-corrected chi connectivity index (χ0v) is 16.6. The highest BCUT2D eigenvalue weighted by Gasteiger charge is 2.25. The van der Waals surface area contributed by atoms with E-state index in [2.05, 4.69) is 10.6 Å². The summed E-state index contributed by atoms with van der Waals surface area (Å²) in [4.78, 5) is 37.5. The number of thiophene rings is 1. The van der Waals surface area contributed by atoms with Crippen molar-refractivity contribution in [2.75, 3.05) is 11.9 Å². The van der Waals surface area contributed by atoms with Crippen LogP contribution in [0.3, 0.4) is 0 Å². The summed E-state index contributed by atoms with van der Waals surface area (Å²) in [5.74, 6) is -1.54. The first-order chi connectivity index (χ1) is 14.0. The van der Waals surface area contributed by atoms with Gasteiger partial charge in [0, 0.05) is 11.3 Å². The standard InChI is InChI=1S/C22H20N2O4S/c1-15-9-11-17(12-10-15)24-22(27)20(16-6-3-2-4-7-16)28-19(25)14-23-21(26)18-8-5-13-29-18/h2-13,20H,14H2,1H3,(H,23,26)(H,24,27)/t20-/m1/s1. The zero-order chi connectivity index (χ0) is 20.6. The number of hydrogen-bond acceptors (Lipinski definition) is 5. The second kappa shape index (κ2) is 9.66. The summed E-state index contributed by atoms with van der Waals surface area (Å²) in [6.45, 7) is 1.61. The zero-order valence-electron chi connectivity index (χ0n) is 15.8. The number of nitrogens with one attached hydrogen (secondary N) is 2. The van der Waals surface area contributed by atoms with E-state index < -0.39 is 18.0 Å². The highest BCUT2D eigenvalue weighted by Crippen LogP contribution is 2.20. The first-order valence-corrected chi connectivity index (χ1v) is 9.84. The van der Waals surface area contributed by atoms with Crippen LogP contribution < -0.4 is 10.6 Å². The Morgan fingerprint density at radius 3 is 2.34 bits per heavy atom. The van der Waals surface area contributed by atoms with Crippen molar-refractivity contribution in [3.05, 3.63) is 88.1 Å². The van der Waals surface area contributed by atoms with E-state index in [9.17, 15) is 14.4 Å². The lowest BCUT2D eigenvalue weighted by atomic mass is 10.1. The minimum absolute atomic E-state index is 0.335. The Hall–Kier alpha value is -3.45. The van der Waals surface area contributed by atoms with E-state index in [0.29, 0.717) is 16.1 Å². The van der Waals surface area contributed by atoms with E-state index in [1.54, 1.807) is 53.9 Å². The third-order valence-corrected chi connectivity index (χ3v) is 4.92. The Morgan fingerprint density at radius 2 is 1.69 bits per heavy atom. The Kier molecular flexibility index (Phi) is 6.76. The SMILES string of the molecule is Cc1ccc(NC(=O)[C@H](OC(=O)CNC(=O)c2cccs2)c2ccccc2)cc1. The molecule has 0 spiro atoms. The second-order valence-electron chi connectivity index (χ2n) is 6.30. The van der Waals surface area contributed by atoms with Crippen molar-refractivity contribution < 1.29 is 19.1 Å². The van der Waals surface area contributed by atoms with Gasteiger partial charge in [0.15, 0.2) is 0 Å². The molecule has 2 amide bonds. The van der Waals surface area contributed by atoms with Crippen molar-refractivity contribution in [2.24, 2.45) is 0 Å². The molecule has 0 radical (unpaired) electrons. The molecule has 2 aromatic carbocycles. The van der Waals surface area contributed by atoms with Crippen molar-refractivity contribution >= 4 is 34.8 Å². The van der Waals surface area contributed by atoms with Crippen LogP contribution in [0.15, 0.2) is 72.1 Å². The lowest BCUT2D eigenvalue weighted by molar-refractivity contribution is -0.153. The van der Waals surface area contributed by atoms with Gasteiger partial charge in [-0.05, 0) is 30.5 Å². The fourth-order valence-corrected chi connectivity index (χ4v) is 3.21. The van der Waals surface area contributed by atoms with E-state index in [0.717, 1.165) is 5.56 Å². The van der Waals surface area contributed by atoms with Crippen LogP contribution in [-0.2, 0) is 14.3 Å². The van der Waals surface area contributed by atoms with E-state index in [-0.39, 0.29) is 12.5 Å². The molecule has 0 saturated heterocycles. The highest BCUT2D eigenvalue weighted by atomic mass is 32.1. The number of anilines is 1. The largest absolute Gasteiger partial charge is 0.446 e. The molecular weight excluding hydrogens is 388 g/mol. The summed E-state index contributed by atoms with van der Waals surface area (Å²) in [6, 6.07) is 19.4. The van der Waals surface area contributed by atoms with Gasteiger partial charge in [0.05, 0.1) is 4.88 Å². The van der Waals surface area contributed by atoms with Crippen LogP contribution in [0.1, 0.15) is 26.9 Å². The number of hydrogen-bond donors (Lipinski definition) is 2. The highest BCUT2D eigenvalue weighted by molar-refractivity contribution is 7.12. The van der Waals surface area contributed by atoms with Crippen molar-refractivity contribution in [1.29, 1.82) is 0 Å². The van der Waals surface area contributed by atoms with Gasteiger partial charge >= 0.3 is 5.97 Å². The molecule has 0 aliphatic carbocycles. The van der Waals surface area contributed by atoms with Gasteiger partial charge in [-0.2, -0.15) is 0 Å². The summed E-state index contributed by atoms with van der Waals surface area (Å²) in [5.41, 5.74) is 2.20. The van der Waals surface area contributed by atoms with Crippen LogP contribution in [0.2, 0.25) is 0 Å². The molecule has 0 fully saturated rings. The van der Waals surface area contributed by atoms with E-state index >= 15 is 0 Å². The van der Waals surface area contributed by atoms with Crippen LogP contribution in [0.4, 0.5) is 5.69 Å². The minimum Gasteiger partial charge on any atom is -0.446 e. The summed E-state index contributed by atoms with van der Waals surface area (Å²) in [5, 5.41) is 7.03. The summed E-state index contributed by atoms with van der Waals surface area (Å²) in [7, 11) is 0. The van der Waals surface area contributed by atoms with Crippen LogP contribution >= 0.6 is 11.3 Å². The summed E-state index contributed by atoms with van der Waals surface area (Å²) < 4.78 is 5.40. The molecule has 0 aliphatic heterocycles. The summed E-state index contributed by atoms with van der Waals surface area (Å²) in [6.07, 6.45) is -1.14. The third-order valence-electron chi connectivity index (χ3n) is 4.05. The predicted molar refractivity (Wildman–Crippen MR) is 112 cm³/mol. The Labute approximate surface area is 172 Å². The number of carbonyl (C=O) groups excluding carboxylic acids is 3. The van der Waals surface area contributed by atoms with Crippen LogP contribution in [0.5, 0.6) is 0 Å². The first kappa shape index (κ1) is 20.3. The summed E-state index contributed by atoms with van der Waals surface area (Å²) >= 11 is 1.27. The first-order valence-electron chi connectivity index (χ1n) is 8.96. The molecule has 148 valence electrons. The van der Waals surface area contributed by atoms with Gasteiger partial charge in [0.2, 0.25) is 6.10 Å². The number of amides is 2. The molecule has 0 bridgehead atoms. The lowest BCUT2D eigenvalue weighted by Crippen LogP contribution is -2.33. The van der Waals surface area contributed by atoms with Gasteiger partial charge in [-0.15, -0.1) is 11.3 Å². The van der Waals surface area contributed by atoms with Crippen molar-refractivity contribution in [3.63, 3.8) is 0 Å². The lowest BCUT2D eigenvalue weighted by Gasteiger charge is -2.18. The van der Waals surface area contributed by atoms with Gasteiger partial charge in [-0.1, -0.05) is 54.1 Å². The van der Waals surface area contributed by atoms with E-state index in [1.807, 2.05) is 25.1 Å². The van der Waals surface area contributed by atoms with Gasteiger partial charge in [0.25, 0.3) is 11.8 Å². The van der Waals surface area contributed by atoms with Crippen molar-refractivity contribution in [3.8, 4) is 0 Å². The van der Waals surface area contributed by atoms with E-state index in [1.165, 1.54) is 11.3 Å². The number of rotatable bonds is 7. The van der Waals surface area contributed by atoms with Crippen LogP contribution in [-0.4, -0.2) is 24.3 Å². The second-order valence-corrected chi connectivity index (χ2v) is 7.24. The molecule has 1 atom stereocenters. The predicted octanol–water partition coefficient (Wildman–Crippen LogP) is 3.71.